The van der Waals surface area contributed by atoms with Crippen LogP contribution in [0, 0.1) is 0 Å². The van der Waals surface area contributed by atoms with Crippen LogP contribution in [0.25, 0.3) is 0 Å². The van der Waals surface area contributed by atoms with E-state index >= 15 is 0 Å². The Balaban J connectivity index is 2.20. The lowest BCUT2D eigenvalue weighted by molar-refractivity contribution is -0.361. The predicted octanol–water partition coefficient (Wildman–Crippen LogP) is 1.04. The van der Waals surface area contributed by atoms with Crippen LogP contribution in [0.2, 0.25) is 0 Å². The first-order chi connectivity index (χ1) is 3.95. The lowest BCUT2D eigenvalue weighted by atomic mass is 10.0. The minimum Gasteiger partial charge on any atom is -0.229 e. The highest BCUT2D eigenvalue weighted by atomic mass is 17.2. The summed E-state index contributed by atoms with van der Waals surface area (Å²) in [5, 5.41) is 0. The summed E-state index contributed by atoms with van der Waals surface area (Å²) < 4.78 is 0. The minimum atomic E-state index is 0.250. The van der Waals surface area contributed by atoms with Gasteiger partial charge in [-0.3, -0.25) is 0 Å². The summed E-state index contributed by atoms with van der Waals surface area (Å²) in [6.45, 7) is 0. The van der Waals surface area contributed by atoms with E-state index in [1.807, 2.05) is 0 Å². The van der Waals surface area contributed by atoms with Crippen LogP contribution in [-0.4, -0.2) is 12.2 Å². The van der Waals surface area contributed by atoms with Crippen molar-refractivity contribution >= 4 is 0 Å². The van der Waals surface area contributed by atoms with E-state index in [0.717, 1.165) is 12.8 Å². The quantitative estimate of drug-likeness (QED) is 0.344. The van der Waals surface area contributed by atoms with Gasteiger partial charge in [0.1, 0.15) is 12.2 Å². The van der Waals surface area contributed by atoms with Crippen molar-refractivity contribution < 1.29 is 9.78 Å². The van der Waals surface area contributed by atoms with E-state index in [-0.39, 0.29) is 12.2 Å². The normalized spacial score (nSPS) is 43.0. The summed E-state index contributed by atoms with van der Waals surface area (Å²) in [6, 6.07) is 0. The molecule has 1 aliphatic carbocycles. The third-order valence-corrected chi connectivity index (χ3v) is 1.58. The van der Waals surface area contributed by atoms with E-state index in [4.69, 9.17) is 9.78 Å². The molecule has 2 heteroatoms. The first-order valence-electron chi connectivity index (χ1n) is 2.95. The van der Waals surface area contributed by atoms with Crippen LogP contribution >= 0.6 is 0 Å². The van der Waals surface area contributed by atoms with Gasteiger partial charge in [-0.1, -0.05) is 12.2 Å². The summed E-state index contributed by atoms with van der Waals surface area (Å²) in [5.41, 5.74) is 0. The van der Waals surface area contributed by atoms with E-state index in [2.05, 4.69) is 12.2 Å². The highest BCUT2D eigenvalue weighted by Crippen LogP contribution is 2.23. The standard InChI is InChI=1S/C6H8O2/c1-2-6-4-3-5(1)7-8-6/h1-2,5-6H,3-4H2/t5-,6+. The van der Waals surface area contributed by atoms with Crippen molar-refractivity contribution in [3.05, 3.63) is 12.2 Å². The molecule has 2 heterocycles. The van der Waals surface area contributed by atoms with Crippen LogP contribution in [0.4, 0.5) is 0 Å². The third-order valence-electron chi connectivity index (χ3n) is 1.58. The van der Waals surface area contributed by atoms with Gasteiger partial charge in [-0.25, -0.2) is 9.78 Å². The Morgan fingerprint density at radius 2 is 1.50 bits per heavy atom. The van der Waals surface area contributed by atoms with Crippen molar-refractivity contribution in [3.8, 4) is 0 Å². The Bertz CT molecular complexity index is 97.7. The molecule has 2 nitrogen and oxygen atoms in total. The Kier molecular flexibility index (Phi) is 0.889. The van der Waals surface area contributed by atoms with E-state index in [9.17, 15) is 0 Å². The molecule has 2 aliphatic heterocycles. The molecule has 0 radical (unpaired) electrons. The second-order valence-electron chi connectivity index (χ2n) is 2.23. The minimum absolute atomic E-state index is 0.250. The van der Waals surface area contributed by atoms with Gasteiger partial charge in [0.2, 0.25) is 0 Å². The maximum absolute atomic E-state index is 4.89. The van der Waals surface area contributed by atoms with E-state index < -0.39 is 0 Å². The van der Waals surface area contributed by atoms with Gasteiger partial charge in [0, 0.05) is 0 Å². The van der Waals surface area contributed by atoms with Crippen molar-refractivity contribution in [2.75, 3.05) is 0 Å². The maximum atomic E-state index is 4.89. The van der Waals surface area contributed by atoms with E-state index in [1.54, 1.807) is 0 Å². The summed E-state index contributed by atoms with van der Waals surface area (Å²) >= 11 is 0. The molecule has 2 atom stereocenters. The molecule has 0 amide bonds. The molecule has 0 aromatic rings. The molecule has 3 rings (SSSR count). The van der Waals surface area contributed by atoms with Crippen molar-refractivity contribution in [3.63, 3.8) is 0 Å². The smallest absolute Gasteiger partial charge is 0.111 e. The summed E-state index contributed by atoms with van der Waals surface area (Å²) in [5.74, 6) is 0. The molecule has 0 aromatic heterocycles. The topological polar surface area (TPSA) is 18.5 Å². The molecule has 3 aliphatic rings. The molecule has 1 fully saturated rings. The zero-order chi connectivity index (χ0) is 5.40. The largest absolute Gasteiger partial charge is 0.229 e. The number of hydrogen-bond acceptors (Lipinski definition) is 2. The van der Waals surface area contributed by atoms with E-state index in [1.165, 1.54) is 0 Å². The molecule has 0 saturated carbocycles. The van der Waals surface area contributed by atoms with Gasteiger partial charge >= 0.3 is 0 Å². The fourth-order valence-corrected chi connectivity index (χ4v) is 1.07. The first-order valence-corrected chi connectivity index (χ1v) is 2.95. The molecule has 0 unspecified atom stereocenters. The Hall–Kier alpha value is -0.340. The zero-order valence-corrected chi connectivity index (χ0v) is 4.54. The molecular weight excluding hydrogens is 104 g/mol. The van der Waals surface area contributed by atoms with Crippen molar-refractivity contribution in [1.29, 1.82) is 0 Å². The fraction of sp³-hybridized carbons (Fsp3) is 0.667. The molecule has 1 saturated heterocycles. The third kappa shape index (κ3) is 0.572. The highest BCUT2D eigenvalue weighted by Gasteiger charge is 2.24. The second kappa shape index (κ2) is 1.57. The maximum Gasteiger partial charge on any atom is 0.111 e. The molecule has 0 N–H and O–H groups in total. The monoisotopic (exact) mass is 112 g/mol. The summed E-state index contributed by atoms with van der Waals surface area (Å²) in [4.78, 5) is 9.78. The van der Waals surface area contributed by atoms with Gasteiger partial charge in [-0.15, -0.1) is 0 Å². The number of rotatable bonds is 0. The highest BCUT2D eigenvalue weighted by molar-refractivity contribution is 5.01. The molecule has 2 bridgehead atoms. The van der Waals surface area contributed by atoms with Crippen LogP contribution in [0.3, 0.4) is 0 Å². The average molecular weight is 112 g/mol. The summed E-state index contributed by atoms with van der Waals surface area (Å²) in [7, 11) is 0. The first kappa shape index (κ1) is 4.53. The average Bonchev–Trinajstić information content (AvgIpc) is 1.92. The lowest BCUT2D eigenvalue weighted by Crippen LogP contribution is -2.29. The Labute approximate surface area is 48.0 Å². The molecule has 0 aromatic carbocycles. The van der Waals surface area contributed by atoms with Gasteiger partial charge in [-0.05, 0) is 12.8 Å². The van der Waals surface area contributed by atoms with Gasteiger partial charge in [0.05, 0.1) is 0 Å². The van der Waals surface area contributed by atoms with Gasteiger partial charge in [0.25, 0.3) is 0 Å². The Morgan fingerprint density at radius 1 is 1.00 bits per heavy atom. The zero-order valence-electron chi connectivity index (χ0n) is 4.54. The van der Waals surface area contributed by atoms with Crippen molar-refractivity contribution in [2.45, 2.75) is 25.0 Å². The predicted molar refractivity (Wildman–Crippen MR) is 28.1 cm³/mol. The van der Waals surface area contributed by atoms with Crippen molar-refractivity contribution in [1.82, 2.24) is 0 Å². The molecule has 8 heavy (non-hydrogen) atoms. The van der Waals surface area contributed by atoms with Gasteiger partial charge in [-0.2, -0.15) is 0 Å². The molecular formula is C6H8O2. The van der Waals surface area contributed by atoms with Crippen LogP contribution in [0.5, 0.6) is 0 Å². The summed E-state index contributed by atoms with van der Waals surface area (Å²) in [6.07, 6.45) is 6.89. The molecule has 44 valence electrons. The van der Waals surface area contributed by atoms with Crippen LogP contribution in [0.15, 0.2) is 12.2 Å². The fourth-order valence-electron chi connectivity index (χ4n) is 1.07. The Morgan fingerprint density at radius 3 is 1.62 bits per heavy atom. The van der Waals surface area contributed by atoms with Crippen LogP contribution < -0.4 is 0 Å². The van der Waals surface area contributed by atoms with Gasteiger partial charge in [0.15, 0.2) is 0 Å². The second-order valence-corrected chi connectivity index (χ2v) is 2.23. The number of hydrogen-bond donors (Lipinski definition) is 0. The lowest BCUT2D eigenvalue weighted by Gasteiger charge is -2.28. The van der Waals surface area contributed by atoms with E-state index in [0.29, 0.717) is 0 Å². The van der Waals surface area contributed by atoms with Crippen molar-refractivity contribution in [2.24, 2.45) is 0 Å². The van der Waals surface area contributed by atoms with Gasteiger partial charge < -0.3 is 0 Å². The number of fused-ring (bicyclic) bond motifs is 2. The SMILES string of the molecule is C1=C[C@H]2CC[C@@H]1OO2. The molecule has 0 spiro atoms. The van der Waals surface area contributed by atoms with Crippen LogP contribution in [0.1, 0.15) is 12.8 Å². The van der Waals surface area contributed by atoms with Crippen LogP contribution in [-0.2, 0) is 9.78 Å².